The molecule has 144 valence electrons. The Morgan fingerprint density at radius 1 is 1.31 bits per heavy atom. The number of thiophene rings is 1. The molecular formula is C19H30IN5S. The van der Waals surface area contributed by atoms with Crippen LogP contribution in [-0.4, -0.2) is 47.6 Å². The van der Waals surface area contributed by atoms with Gasteiger partial charge in [0, 0.05) is 56.0 Å². The Labute approximate surface area is 177 Å². The molecule has 0 saturated heterocycles. The Bertz CT molecular complexity index is 667. The highest BCUT2D eigenvalue weighted by molar-refractivity contribution is 14.0. The SMILES string of the molecule is CCNC(=NCC(C)N1CCc2sccc2C1)NCCn1cccc1.I. The van der Waals surface area contributed by atoms with Gasteiger partial charge in [-0.15, -0.1) is 35.3 Å². The van der Waals surface area contributed by atoms with Crippen LogP contribution in [0.1, 0.15) is 24.3 Å². The van der Waals surface area contributed by atoms with Crippen molar-refractivity contribution in [3.05, 3.63) is 46.4 Å². The van der Waals surface area contributed by atoms with Crippen molar-refractivity contribution in [3.8, 4) is 0 Å². The zero-order valence-electron chi connectivity index (χ0n) is 15.6. The highest BCUT2D eigenvalue weighted by atomic mass is 127. The van der Waals surface area contributed by atoms with E-state index in [4.69, 9.17) is 4.99 Å². The Hall–Kier alpha value is -1.06. The van der Waals surface area contributed by atoms with E-state index >= 15 is 0 Å². The van der Waals surface area contributed by atoms with Gasteiger partial charge < -0.3 is 15.2 Å². The van der Waals surface area contributed by atoms with Crippen molar-refractivity contribution in [1.82, 2.24) is 20.1 Å². The largest absolute Gasteiger partial charge is 0.357 e. The first-order valence-corrected chi connectivity index (χ1v) is 10.1. The van der Waals surface area contributed by atoms with E-state index in [-0.39, 0.29) is 24.0 Å². The molecule has 2 N–H and O–H groups in total. The predicted octanol–water partition coefficient (Wildman–Crippen LogP) is 3.17. The monoisotopic (exact) mass is 487 g/mol. The third-order valence-electron chi connectivity index (χ3n) is 4.65. The molecule has 2 aromatic heterocycles. The van der Waals surface area contributed by atoms with Crippen LogP contribution in [0, 0.1) is 0 Å². The van der Waals surface area contributed by atoms with Crippen LogP contribution in [0.3, 0.4) is 0 Å². The van der Waals surface area contributed by atoms with Crippen molar-refractivity contribution >= 4 is 41.3 Å². The standard InChI is InChI=1S/C19H29N5S.HI/c1-3-20-19(21-8-12-23-9-4-5-10-23)22-14-16(2)24-11-6-18-17(15-24)7-13-25-18;/h4-5,7,9-10,13,16H,3,6,8,11-12,14-15H2,1-2H3,(H2,20,21,22);1H. The number of nitrogens with one attached hydrogen (secondary N) is 2. The lowest BCUT2D eigenvalue weighted by Gasteiger charge is -2.31. The van der Waals surface area contributed by atoms with E-state index in [1.807, 2.05) is 11.3 Å². The molecule has 0 fully saturated rings. The number of aromatic nitrogens is 1. The zero-order valence-corrected chi connectivity index (χ0v) is 18.8. The van der Waals surface area contributed by atoms with Crippen molar-refractivity contribution in [3.63, 3.8) is 0 Å². The van der Waals surface area contributed by atoms with Crippen LogP contribution < -0.4 is 10.6 Å². The number of halogens is 1. The molecule has 7 heteroatoms. The molecule has 1 atom stereocenters. The summed E-state index contributed by atoms with van der Waals surface area (Å²) >= 11 is 1.90. The van der Waals surface area contributed by atoms with Gasteiger partial charge in [-0.3, -0.25) is 9.89 Å². The van der Waals surface area contributed by atoms with Crippen LogP contribution in [0.2, 0.25) is 0 Å². The average Bonchev–Trinajstić information content (AvgIpc) is 3.30. The summed E-state index contributed by atoms with van der Waals surface area (Å²) < 4.78 is 2.17. The molecule has 26 heavy (non-hydrogen) atoms. The minimum Gasteiger partial charge on any atom is -0.357 e. The fourth-order valence-electron chi connectivity index (χ4n) is 3.15. The fraction of sp³-hybridized carbons (Fsp3) is 0.526. The van der Waals surface area contributed by atoms with Crippen molar-refractivity contribution in [1.29, 1.82) is 0 Å². The molecule has 0 radical (unpaired) electrons. The van der Waals surface area contributed by atoms with E-state index in [1.165, 1.54) is 12.0 Å². The van der Waals surface area contributed by atoms with E-state index in [9.17, 15) is 0 Å². The second kappa shape index (κ2) is 10.9. The minimum absolute atomic E-state index is 0. The van der Waals surface area contributed by atoms with Gasteiger partial charge in [0.25, 0.3) is 0 Å². The Kier molecular flexibility index (Phi) is 8.94. The first kappa shape index (κ1) is 21.2. The van der Waals surface area contributed by atoms with Crippen molar-refractivity contribution in [2.75, 3.05) is 26.2 Å². The van der Waals surface area contributed by atoms with Gasteiger partial charge in [-0.05, 0) is 49.4 Å². The van der Waals surface area contributed by atoms with E-state index in [0.29, 0.717) is 6.04 Å². The molecule has 0 spiro atoms. The molecule has 1 aliphatic rings. The normalized spacial score (nSPS) is 15.8. The maximum Gasteiger partial charge on any atom is 0.191 e. The lowest BCUT2D eigenvalue weighted by atomic mass is 10.1. The summed E-state index contributed by atoms with van der Waals surface area (Å²) in [6.07, 6.45) is 5.35. The van der Waals surface area contributed by atoms with Crippen LogP contribution in [0.4, 0.5) is 0 Å². The molecule has 0 saturated carbocycles. The van der Waals surface area contributed by atoms with Gasteiger partial charge in [-0.2, -0.15) is 0 Å². The van der Waals surface area contributed by atoms with Crippen LogP contribution in [0.5, 0.6) is 0 Å². The third-order valence-corrected chi connectivity index (χ3v) is 5.67. The van der Waals surface area contributed by atoms with E-state index in [2.05, 4.69) is 69.9 Å². The van der Waals surface area contributed by atoms with Crippen LogP contribution >= 0.6 is 35.3 Å². The Morgan fingerprint density at radius 2 is 2.12 bits per heavy atom. The number of rotatable bonds is 7. The van der Waals surface area contributed by atoms with Gasteiger partial charge in [0.1, 0.15) is 0 Å². The zero-order chi connectivity index (χ0) is 17.5. The van der Waals surface area contributed by atoms with E-state index in [0.717, 1.165) is 45.2 Å². The molecule has 1 aliphatic heterocycles. The molecule has 3 heterocycles. The molecule has 2 aromatic rings. The van der Waals surface area contributed by atoms with Crippen LogP contribution in [0.15, 0.2) is 41.0 Å². The minimum atomic E-state index is 0. The molecule has 1 unspecified atom stereocenters. The molecule has 5 nitrogen and oxygen atoms in total. The second-order valence-corrected chi connectivity index (χ2v) is 7.51. The molecule has 3 rings (SSSR count). The topological polar surface area (TPSA) is 44.6 Å². The van der Waals surface area contributed by atoms with Gasteiger partial charge in [0.05, 0.1) is 6.54 Å². The quantitative estimate of drug-likeness (QED) is 0.358. The lowest BCUT2D eigenvalue weighted by Crippen LogP contribution is -2.42. The highest BCUT2D eigenvalue weighted by Gasteiger charge is 2.21. The summed E-state index contributed by atoms with van der Waals surface area (Å²) in [5, 5.41) is 8.99. The maximum atomic E-state index is 4.80. The van der Waals surface area contributed by atoms with Crippen molar-refractivity contribution in [2.45, 2.75) is 39.4 Å². The lowest BCUT2D eigenvalue weighted by molar-refractivity contribution is 0.197. The molecule has 0 aromatic carbocycles. The van der Waals surface area contributed by atoms with Gasteiger partial charge in [0.2, 0.25) is 0 Å². The number of hydrogen-bond donors (Lipinski definition) is 2. The molecule has 0 bridgehead atoms. The Morgan fingerprint density at radius 3 is 2.88 bits per heavy atom. The summed E-state index contributed by atoms with van der Waals surface area (Å²) in [5.41, 5.74) is 1.50. The summed E-state index contributed by atoms with van der Waals surface area (Å²) in [6, 6.07) is 6.83. The van der Waals surface area contributed by atoms with E-state index < -0.39 is 0 Å². The summed E-state index contributed by atoms with van der Waals surface area (Å²) in [6.45, 7) is 10.1. The smallest absolute Gasteiger partial charge is 0.191 e. The number of fused-ring (bicyclic) bond motifs is 1. The number of aliphatic imine (C=N–C) groups is 1. The van der Waals surface area contributed by atoms with Crippen LogP contribution in [0.25, 0.3) is 0 Å². The number of nitrogens with zero attached hydrogens (tertiary/aromatic N) is 3. The van der Waals surface area contributed by atoms with Gasteiger partial charge in [-0.25, -0.2) is 0 Å². The fourth-order valence-corrected chi connectivity index (χ4v) is 4.04. The molecular weight excluding hydrogens is 457 g/mol. The molecule has 0 aliphatic carbocycles. The van der Waals surface area contributed by atoms with Gasteiger partial charge in [-0.1, -0.05) is 0 Å². The predicted molar refractivity (Wildman–Crippen MR) is 122 cm³/mol. The summed E-state index contributed by atoms with van der Waals surface area (Å²) in [7, 11) is 0. The number of guanidine groups is 1. The Balaban J connectivity index is 0.00000243. The van der Waals surface area contributed by atoms with Crippen LogP contribution in [-0.2, 0) is 19.5 Å². The number of hydrogen-bond acceptors (Lipinski definition) is 3. The highest BCUT2D eigenvalue weighted by Crippen LogP contribution is 2.25. The van der Waals surface area contributed by atoms with E-state index in [1.54, 1.807) is 4.88 Å². The summed E-state index contributed by atoms with van der Waals surface area (Å²) in [4.78, 5) is 8.90. The summed E-state index contributed by atoms with van der Waals surface area (Å²) in [5.74, 6) is 0.912. The van der Waals surface area contributed by atoms with Gasteiger partial charge >= 0.3 is 0 Å². The van der Waals surface area contributed by atoms with Crippen molar-refractivity contribution in [2.24, 2.45) is 4.99 Å². The second-order valence-electron chi connectivity index (χ2n) is 6.51. The average molecular weight is 487 g/mol. The first-order chi connectivity index (χ1) is 12.3. The maximum absolute atomic E-state index is 4.80. The van der Waals surface area contributed by atoms with Gasteiger partial charge in [0.15, 0.2) is 5.96 Å². The first-order valence-electron chi connectivity index (χ1n) is 9.18. The molecule has 0 amide bonds. The third kappa shape index (κ3) is 5.99. The van der Waals surface area contributed by atoms with Crippen molar-refractivity contribution < 1.29 is 0 Å².